The maximum Gasteiger partial charge on any atom is 0.328 e. The van der Waals surface area contributed by atoms with Gasteiger partial charge in [-0.15, -0.1) is 11.3 Å². The third-order valence-electron chi connectivity index (χ3n) is 1.90. The SMILES string of the molecule is CC(C)NS(=O)(=O)NCc1ccc(/C=C/C(=O)O)s1. The van der Waals surface area contributed by atoms with E-state index in [-0.39, 0.29) is 12.6 Å². The first-order chi connectivity index (χ1) is 8.78. The standard InChI is InChI=1S/C11H16N2O4S2/c1-8(2)13-19(16,17)12-7-10-4-3-9(18-10)5-6-11(14)15/h3-6,8,12-13H,7H2,1-2H3,(H,14,15)/b6-5+. The van der Waals surface area contributed by atoms with Gasteiger partial charge >= 0.3 is 5.97 Å². The van der Waals surface area contributed by atoms with Crippen molar-refractivity contribution in [3.8, 4) is 0 Å². The molecule has 0 atom stereocenters. The van der Waals surface area contributed by atoms with Gasteiger partial charge in [-0.25, -0.2) is 4.79 Å². The van der Waals surface area contributed by atoms with Crippen molar-refractivity contribution in [2.24, 2.45) is 0 Å². The lowest BCUT2D eigenvalue weighted by Crippen LogP contribution is -2.39. The molecule has 8 heteroatoms. The minimum absolute atomic E-state index is 0.171. The summed E-state index contributed by atoms with van der Waals surface area (Å²) < 4.78 is 27.9. The summed E-state index contributed by atoms with van der Waals surface area (Å²) in [6, 6.07) is 3.32. The van der Waals surface area contributed by atoms with Crippen LogP contribution in [0.3, 0.4) is 0 Å². The van der Waals surface area contributed by atoms with Crippen molar-refractivity contribution in [3.63, 3.8) is 0 Å². The molecule has 1 rings (SSSR count). The van der Waals surface area contributed by atoms with E-state index in [0.29, 0.717) is 0 Å². The lowest BCUT2D eigenvalue weighted by molar-refractivity contribution is -0.131. The van der Waals surface area contributed by atoms with Crippen molar-refractivity contribution in [1.82, 2.24) is 9.44 Å². The Hall–Kier alpha value is -1.22. The molecule has 0 aliphatic heterocycles. The number of carbonyl (C=O) groups is 1. The van der Waals surface area contributed by atoms with Crippen LogP contribution in [0.1, 0.15) is 23.6 Å². The predicted octanol–water partition coefficient (Wildman–Crippen LogP) is 1.18. The average Bonchev–Trinajstić information content (AvgIpc) is 2.70. The Morgan fingerprint density at radius 2 is 2.16 bits per heavy atom. The van der Waals surface area contributed by atoms with E-state index in [9.17, 15) is 13.2 Å². The summed E-state index contributed by atoms with van der Waals surface area (Å²) in [5.74, 6) is -1.02. The summed E-state index contributed by atoms with van der Waals surface area (Å²) in [6.07, 6.45) is 2.51. The Kier molecular flexibility index (Phi) is 5.67. The topological polar surface area (TPSA) is 95.5 Å². The summed E-state index contributed by atoms with van der Waals surface area (Å²) in [5.41, 5.74) is 0. The number of thiophene rings is 1. The number of carboxylic acid groups (broad SMARTS) is 1. The van der Waals surface area contributed by atoms with Crippen molar-refractivity contribution in [1.29, 1.82) is 0 Å². The van der Waals surface area contributed by atoms with Gasteiger partial charge in [0, 0.05) is 28.4 Å². The van der Waals surface area contributed by atoms with Gasteiger partial charge < -0.3 is 5.11 Å². The minimum Gasteiger partial charge on any atom is -0.478 e. The molecule has 0 radical (unpaired) electrons. The van der Waals surface area contributed by atoms with Gasteiger partial charge in [-0.05, 0) is 32.1 Å². The fraction of sp³-hybridized carbons (Fsp3) is 0.364. The Morgan fingerprint density at radius 1 is 1.47 bits per heavy atom. The maximum absolute atomic E-state index is 11.5. The van der Waals surface area contributed by atoms with Crippen molar-refractivity contribution in [2.45, 2.75) is 26.4 Å². The lowest BCUT2D eigenvalue weighted by Gasteiger charge is -2.09. The van der Waals surface area contributed by atoms with Crippen LogP contribution in [-0.2, 0) is 21.5 Å². The molecular weight excluding hydrogens is 288 g/mol. The molecule has 0 bridgehead atoms. The highest BCUT2D eigenvalue weighted by Crippen LogP contribution is 2.17. The van der Waals surface area contributed by atoms with Gasteiger partial charge in [-0.1, -0.05) is 0 Å². The Labute approximate surface area is 116 Å². The van der Waals surface area contributed by atoms with Gasteiger partial charge in [-0.2, -0.15) is 17.9 Å². The Morgan fingerprint density at radius 3 is 2.74 bits per heavy atom. The van der Waals surface area contributed by atoms with E-state index >= 15 is 0 Å². The second-order valence-electron chi connectivity index (χ2n) is 4.07. The van der Waals surface area contributed by atoms with Gasteiger partial charge in [0.2, 0.25) is 0 Å². The highest BCUT2D eigenvalue weighted by atomic mass is 32.2. The largest absolute Gasteiger partial charge is 0.478 e. The third-order valence-corrected chi connectivity index (χ3v) is 4.26. The van der Waals surface area contributed by atoms with Gasteiger partial charge in [0.15, 0.2) is 0 Å². The molecule has 0 saturated carbocycles. The quantitative estimate of drug-likeness (QED) is 0.659. The van der Waals surface area contributed by atoms with E-state index in [0.717, 1.165) is 15.8 Å². The highest BCUT2D eigenvalue weighted by molar-refractivity contribution is 7.87. The van der Waals surface area contributed by atoms with E-state index in [1.54, 1.807) is 26.0 Å². The number of hydrogen-bond acceptors (Lipinski definition) is 4. The van der Waals surface area contributed by atoms with Crippen molar-refractivity contribution >= 4 is 33.6 Å². The summed E-state index contributed by atoms with van der Waals surface area (Å²) >= 11 is 1.33. The molecule has 0 aromatic carbocycles. The molecule has 0 amide bonds. The highest BCUT2D eigenvalue weighted by Gasteiger charge is 2.11. The number of rotatable bonds is 7. The van der Waals surface area contributed by atoms with Gasteiger partial charge in [0.1, 0.15) is 0 Å². The molecule has 1 aromatic heterocycles. The van der Waals surface area contributed by atoms with Crippen LogP contribution >= 0.6 is 11.3 Å². The molecule has 0 fully saturated rings. The van der Waals surface area contributed by atoms with Crippen LogP contribution in [0, 0.1) is 0 Å². The summed E-state index contributed by atoms with van der Waals surface area (Å²) in [4.78, 5) is 11.9. The molecular formula is C11H16N2O4S2. The summed E-state index contributed by atoms with van der Waals surface area (Å²) in [7, 11) is -3.50. The number of aliphatic carboxylic acids is 1. The van der Waals surface area contributed by atoms with Gasteiger partial charge in [0.05, 0.1) is 0 Å². The average molecular weight is 304 g/mol. The van der Waals surface area contributed by atoms with Crippen LogP contribution in [0.25, 0.3) is 6.08 Å². The molecule has 0 aliphatic rings. The molecule has 106 valence electrons. The number of hydrogen-bond donors (Lipinski definition) is 3. The first-order valence-corrected chi connectivity index (χ1v) is 7.85. The molecule has 1 aromatic rings. The lowest BCUT2D eigenvalue weighted by atomic mass is 10.4. The molecule has 3 N–H and O–H groups in total. The zero-order valence-electron chi connectivity index (χ0n) is 10.6. The first kappa shape index (κ1) is 15.8. The Bertz CT molecular complexity index is 561. The van der Waals surface area contributed by atoms with E-state index < -0.39 is 16.2 Å². The van der Waals surface area contributed by atoms with Gasteiger partial charge in [0.25, 0.3) is 10.2 Å². The van der Waals surface area contributed by atoms with Crippen LogP contribution in [0.5, 0.6) is 0 Å². The van der Waals surface area contributed by atoms with Crippen LogP contribution in [-0.4, -0.2) is 25.5 Å². The molecule has 1 heterocycles. The normalized spacial score (nSPS) is 12.4. The fourth-order valence-electron chi connectivity index (χ4n) is 1.25. The molecule has 0 unspecified atom stereocenters. The van der Waals surface area contributed by atoms with E-state index in [4.69, 9.17) is 5.11 Å². The van der Waals surface area contributed by atoms with Gasteiger partial charge in [-0.3, -0.25) is 0 Å². The van der Waals surface area contributed by atoms with Crippen molar-refractivity contribution in [3.05, 3.63) is 28.0 Å². The fourth-order valence-corrected chi connectivity index (χ4v) is 3.25. The predicted molar refractivity (Wildman–Crippen MR) is 75.0 cm³/mol. The molecule has 6 nitrogen and oxygen atoms in total. The zero-order chi connectivity index (χ0) is 14.5. The third kappa shape index (κ3) is 6.48. The van der Waals surface area contributed by atoms with Crippen molar-refractivity contribution < 1.29 is 18.3 Å². The molecule has 0 aliphatic carbocycles. The van der Waals surface area contributed by atoms with Crippen LogP contribution < -0.4 is 9.44 Å². The monoisotopic (exact) mass is 304 g/mol. The molecule has 0 saturated heterocycles. The smallest absolute Gasteiger partial charge is 0.328 e. The summed E-state index contributed by atoms with van der Waals surface area (Å²) in [5, 5.41) is 8.49. The van der Waals surface area contributed by atoms with E-state index in [1.807, 2.05) is 0 Å². The second-order valence-corrected chi connectivity index (χ2v) is 6.80. The first-order valence-electron chi connectivity index (χ1n) is 5.55. The Balaban J connectivity index is 2.57. The van der Waals surface area contributed by atoms with Crippen LogP contribution in [0.4, 0.5) is 0 Å². The number of nitrogens with one attached hydrogen (secondary N) is 2. The molecule has 0 spiro atoms. The van der Waals surface area contributed by atoms with Crippen molar-refractivity contribution in [2.75, 3.05) is 0 Å². The second kappa shape index (κ2) is 6.80. The van der Waals surface area contributed by atoms with Crippen LogP contribution in [0.2, 0.25) is 0 Å². The van der Waals surface area contributed by atoms with E-state index in [1.165, 1.54) is 17.4 Å². The zero-order valence-corrected chi connectivity index (χ0v) is 12.2. The minimum atomic E-state index is -3.50. The van der Waals surface area contributed by atoms with Crippen LogP contribution in [0.15, 0.2) is 18.2 Å². The number of carboxylic acids is 1. The molecule has 19 heavy (non-hydrogen) atoms. The van der Waals surface area contributed by atoms with E-state index in [2.05, 4.69) is 9.44 Å². The maximum atomic E-state index is 11.5. The summed E-state index contributed by atoms with van der Waals surface area (Å²) in [6.45, 7) is 3.64.